The van der Waals surface area contributed by atoms with Crippen LogP contribution in [0.25, 0.3) is 0 Å². The van der Waals surface area contributed by atoms with Gasteiger partial charge in [0, 0.05) is 5.56 Å². The lowest BCUT2D eigenvalue weighted by Crippen LogP contribution is -2.90. The van der Waals surface area contributed by atoms with Crippen molar-refractivity contribution < 1.29 is 30.3 Å². The monoisotopic (exact) mass is 384 g/mol. The van der Waals surface area contributed by atoms with Crippen LogP contribution in [0.4, 0.5) is 0 Å². The minimum Gasteiger partial charge on any atom is -0.487 e. The van der Waals surface area contributed by atoms with Crippen molar-refractivity contribution in [3.63, 3.8) is 0 Å². The second-order valence-corrected chi connectivity index (χ2v) is 8.19. The molecule has 0 saturated carbocycles. The van der Waals surface area contributed by atoms with Gasteiger partial charge in [-0.2, -0.15) is 0 Å². The van der Waals surface area contributed by atoms with E-state index in [1.165, 1.54) is 0 Å². The highest BCUT2D eigenvalue weighted by atomic mass is 16.5. The number of quaternary nitrogens is 2. The van der Waals surface area contributed by atoms with Crippen LogP contribution >= 0.6 is 0 Å². The summed E-state index contributed by atoms with van der Waals surface area (Å²) < 4.78 is 11.8. The smallest absolute Gasteiger partial charge is 0.164 e. The molecule has 6 N–H and O–H groups in total. The van der Waals surface area contributed by atoms with E-state index < -0.39 is 12.2 Å². The molecule has 0 aliphatic carbocycles. The molecule has 0 unspecified atom stereocenters. The van der Waals surface area contributed by atoms with Gasteiger partial charge in [0.05, 0.1) is 12.1 Å². The fourth-order valence-corrected chi connectivity index (χ4v) is 2.62. The van der Waals surface area contributed by atoms with Crippen molar-refractivity contribution in [2.75, 3.05) is 26.3 Å². The van der Waals surface area contributed by atoms with Crippen LogP contribution in [-0.2, 0) is 0 Å². The largest absolute Gasteiger partial charge is 0.487 e. The van der Waals surface area contributed by atoms with Crippen molar-refractivity contribution >= 4 is 0 Å². The molecule has 0 bridgehead atoms. The van der Waals surface area contributed by atoms with Crippen molar-refractivity contribution in [1.29, 1.82) is 0 Å². The molecule has 0 spiro atoms. The Labute approximate surface area is 164 Å². The summed E-state index contributed by atoms with van der Waals surface area (Å²) in [6.45, 7) is 14.2. The van der Waals surface area contributed by atoms with Gasteiger partial charge in [-0.15, -0.1) is 0 Å². The summed E-state index contributed by atoms with van der Waals surface area (Å²) in [6.07, 6.45) is -1.10. The van der Waals surface area contributed by atoms with E-state index in [9.17, 15) is 10.2 Å². The van der Waals surface area contributed by atoms with Gasteiger partial charge in [0.15, 0.2) is 11.5 Å². The minimum atomic E-state index is -0.549. The van der Waals surface area contributed by atoms with E-state index in [0.29, 0.717) is 36.7 Å². The summed E-state index contributed by atoms with van der Waals surface area (Å²) in [5, 5.41) is 24.5. The molecule has 0 fully saturated rings. The zero-order valence-electron chi connectivity index (χ0n) is 17.8. The Morgan fingerprint density at radius 2 is 1.33 bits per heavy atom. The molecule has 0 saturated heterocycles. The van der Waals surface area contributed by atoms with E-state index >= 15 is 0 Å². The zero-order chi connectivity index (χ0) is 20.4. The lowest BCUT2D eigenvalue weighted by Gasteiger charge is -2.20. The van der Waals surface area contributed by atoms with E-state index in [1.54, 1.807) is 0 Å². The van der Waals surface area contributed by atoms with E-state index in [4.69, 9.17) is 9.47 Å². The first-order valence-corrected chi connectivity index (χ1v) is 10.1. The predicted octanol–water partition coefficient (Wildman–Crippen LogP) is 0.233. The highest BCUT2D eigenvalue weighted by Crippen LogP contribution is 2.35. The molecule has 6 heteroatoms. The fraction of sp³-hybridized carbons (Fsp3) is 0.714. The highest BCUT2D eigenvalue weighted by molar-refractivity contribution is 5.48. The summed E-state index contributed by atoms with van der Waals surface area (Å²) >= 11 is 0. The standard InChI is InChI=1S/C21H38N2O4/c1-14(2)19-8-7-9-20(26-12-17(24)10-22-15(3)4)21(19)27-13-18(25)11-23-16(5)6/h7-9,14-18,22-25H,10-13H2,1-6H3/p+2/t17-,18+/m1/s1. The Hall–Kier alpha value is -1.34. The number of ether oxygens (including phenoxy) is 2. The molecule has 156 valence electrons. The number of hydrogen-bond donors (Lipinski definition) is 4. The van der Waals surface area contributed by atoms with E-state index in [-0.39, 0.29) is 19.1 Å². The lowest BCUT2D eigenvalue weighted by molar-refractivity contribution is -0.688. The van der Waals surface area contributed by atoms with Crippen molar-refractivity contribution in [1.82, 2.24) is 0 Å². The van der Waals surface area contributed by atoms with Crippen LogP contribution in [-0.4, -0.2) is 60.8 Å². The van der Waals surface area contributed by atoms with E-state index in [2.05, 4.69) is 52.2 Å². The van der Waals surface area contributed by atoms with Crippen molar-refractivity contribution in [3.8, 4) is 11.5 Å². The molecule has 0 aliphatic heterocycles. The average molecular weight is 385 g/mol. The van der Waals surface area contributed by atoms with Gasteiger partial charge in [-0.25, -0.2) is 0 Å². The Morgan fingerprint density at radius 3 is 1.81 bits per heavy atom. The minimum absolute atomic E-state index is 0.213. The fourth-order valence-electron chi connectivity index (χ4n) is 2.62. The molecular formula is C21H40N2O4+2. The number of hydrogen-bond acceptors (Lipinski definition) is 4. The van der Waals surface area contributed by atoms with Crippen LogP contribution in [0.2, 0.25) is 0 Å². The van der Waals surface area contributed by atoms with Gasteiger partial charge >= 0.3 is 0 Å². The maximum Gasteiger partial charge on any atom is 0.164 e. The number of benzene rings is 1. The van der Waals surface area contributed by atoms with Crippen LogP contribution < -0.4 is 20.1 Å². The van der Waals surface area contributed by atoms with Crippen LogP contribution in [0.1, 0.15) is 53.0 Å². The van der Waals surface area contributed by atoms with Crippen LogP contribution in [0.3, 0.4) is 0 Å². The van der Waals surface area contributed by atoms with Gasteiger partial charge < -0.3 is 30.3 Å². The van der Waals surface area contributed by atoms with E-state index in [0.717, 1.165) is 5.56 Å². The van der Waals surface area contributed by atoms with Crippen LogP contribution in [0, 0.1) is 0 Å². The number of aliphatic hydroxyl groups is 2. The van der Waals surface area contributed by atoms with Crippen molar-refractivity contribution in [2.45, 2.75) is 71.8 Å². The quantitative estimate of drug-likeness (QED) is 0.392. The molecule has 1 aromatic carbocycles. The Bertz CT molecular complexity index is 535. The topological polar surface area (TPSA) is 92.1 Å². The summed E-state index contributed by atoms with van der Waals surface area (Å²) in [6, 6.07) is 6.68. The molecule has 2 atom stereocenters. The first-order chi connectivity index (χ1) is 12.7. The van der Waals surface area contributed by atoms with Crippen LogP contribution in [0.5, 0.6) is 11.5 Å². The third-order valence-electron chi connectivity index (χ3n) is 4.24. The molecule has 1 aromatic rings. The molecule has 1 rings (SSSR count). The molecule has 0 amide bonds. The van der Waals surface area contributed by atoms with Gasteiger partial charge in [-0.05, 0) is 39.7 Å². The molecular weight excluding hydrogens is 344 g/mol. The molecule has 0 radical (unpaired) electrons. The lowest BCUT2D eigenvalue weighted by atomic mass is 10.0. The number of aliphatic hydroxyl groups excluding tert-OH is 2. The molecule has 0 aromatic heterocycles. The summed E-state index contributed by atoms with van der Waals surface area (Å²) in [7, 11) is 0. The second kappa shape index (κ2) is 12.2. The first-order valence-electron chi connectivity index (χ1n) is 10.1. The second-order valence-electron chi connectivity index (χ2n) is 8.19. The van der Waals surface area contributed by atoms with Gasteiger partial charge in [-0.1, -0.05) is 26.0 Å². The maximum absolute atomic E-state index is 10.2. The summed E-state index contributed by atoms with van der Waals surface area (Å²) in [5.41, 5.74) is 1.04. The summed E-state index contributed by atoms with van der Waals surface area (Å²) in [5.74, 6) is 1.54. The normalized spacial score (nSPS) is 14.0. The molecule has 27 heavy (non-hydrogen) atoms. The summed E-state index contributed by atoms with van der Waals surface area (Å²) in [4.78, 5) is 0. The maximum atomic E-state index is 10.2. The predicted molar refractivity (Wildman–Crippen MR) is 107 cm³/mol. The van der Waals surface area contributed by atoms with Gasteiger partial charge in [-0.3, -0.25) is 0 Å². The van der Waals surface area contributed by atoms with Gasteiger partial charge in [0.2, 0.25) is 0 Å². The zero-order valence-corrected chi connectivity index (χ0v) is 17.8. The third kappa shape index (κ3) is 9.42. The number of para-hydroxylation sites is 1. The SMILES string of the molecule is CC(C)[NH2+]C[C@@H](O)COc1cccc(C(C)C)c1OC[C@@H](O)C[NH2+]C(C)C. The molecule has 6 nitrogen and oxygen atoms in total. The Balaban J connectivity index is 2.75. The van der Waals surface area contributed by atoms with Gasteiger partial charge in [0.1, 0.15) is 38.5 Å². The van der Waals surface area contributed by atoms with E-state index in [1.807, 2.05) is 18.2 Å². The van der Waals surface area contributed by atoms with Crippen LogP contribution in [0.15, 0.2) is 18.2 Å². The third-order valence-corrected chi connectivity index (χ3v) is 4.24. The Morgan fingerprint density at radius 1 is 0.815 bits per heavy atom. The highest BCUT2D eigenvalue weighted by Gasteiger charge is 2.18. The molecule has 0 aliphatic rings. The Kier molecular flexibility index (Phi) is 10.7. The van der Waals surface area contributed by atoms with Gasteiger partial charge in [0.25, 0.3) is 0 Å². The average Bonchev–Trinajstić information content (AvgIpc) is 2.61. The number of rotatable bonds is 13. The first kappa shape index (κ1) is 23.7. The number of nitrogens with two attached hydrogens (primary N) is 2. The van der Waals surface area contributed by atoms with Crippen molar-refractivity contribution in [2.24, 2.45) is 0 Å². The molecule has 0 heterocycles. The van der Waals surface area contributed by atoms with Crippen molar-refractivity contribution in [3.05, 3.63) is 23.8 Å².